The van der Waals surface area contributed by atoms with E-state index in [9.17, 15) is 5.11 Å². The van der Waals surface area contributed by atoms with E-state index in [1.165, 1.54) is 4.88 Å². The molecule has 21 heavy (non-hydrogen) atoms. The lowest BCUT2D eigenvalue weighted by Crippen LogP contribution is -2.30. The minimum Gasteiger partial charge on any atom is -0.391 e. The molecule has 1 aromatic carbocycles. The van der Waals surface area contributed by atoms with E-state index in [1.54, 1.807) is 17.4 Å². The zero-order valence-electron chi connectivity index (χ0n) is 11.8. The monoisotopic (exact) mass is 342 g/mol. The van der Waals surface area contributed by atoms with Crippen LogP contribution in [-0.2, 0) is 13.0 Å². The first-order chi connectivity index (χ1) is 9.95. The number of hydrogen-bond donors (Lipinski definition) is 1. The summed E-state index contributed by atoms with van der Waals surface area (Å²) in [5, 5.41) is 12.7. The standard InChI is InChI=1S/C15H16Cl2N2OS/c1-8-18-6-10(21-8)7-19(2)15-12-3-9(16)4-13(17)11(12)5-14(15)20/h3-4,6,14-15,20H,5,7H2,1-2H3/t14-,15-/m1/s1. The fraction of sp³-hybridized carbons (Fsp3) is 0.400. The first-order valence-electron chi connectivity index (χ1n) is 6.73. The molecule has 6 heteroatoms. The SMILES string of the molecule is Cc1ncc(CN(C)[C@@H]2c3cc(Cl)cc(Cl)c3C[C@H]2O)s1. The summed E-state index contributed by atoms with van der Waals surface area (Å²) >= 11 is 14.0. The van der Waals surface area contributed by atoms with Crippen LogP contribution in [0.25, 0.3) is 0 Å². The van der Waals surface area contributed by atoms with Crippen LogP contribution in [0.5, 0.6) is 0 Å². The molecule has 112 valence electrons. The number of aryl methyl sites for hydroxylation is 1. The van der Waals surface area contributed by atoms with Crippen molar-refractivity contribution >= 4 is 34.5 Å². The number of benzene rings is 1. The molecule has 0 radical (unpaired) electrons. The van der Waals surface area contributed by atoms with Crippen LogP contribution in [0.4, 0.5) is 0 Å². The third kappa shape index (κ3) is 2.96. The van der Waals surface area contributed by atoms with Gasteiger partial charge in [0.1, 0.15) is 0 Å². The second kappa shape index (κ2) is 5.86. The number of aliphatic hydroxyl groups excluding tert-OH is 1. The summed E-state index contributed by atoms with van der Waals surface area (Å²) < 4.78 is 0. The second-order valence-electron chi connectivity index (χ2n) is 5.43. The van der Waals surface area contributed by atoms with Gasteiger partial charge in [-0.05, 0) is 37.2 Å². The van der Waals surface area contributed by atoms with Gasteiger partial charge in [0.05, 0.1) is 17.2 Å². The van der Waals surface area contributed by atoms with Crippen molar-refractivity contribution in [1.29, 1.82) is 0 Å². The summed E-state index contributed by atoms with van der Waals surface area (Å²) in [6, 6.07) is 3.57. The summed E-state index contributed by atoms with van der Waals surface area (Å²) in [7, 11) is 2.01. The summed E-state index contributed by atoms with van der Waals surface area (Å²) in [6.07, 6.45) is 2.00. The topological polar surface area (TPSA) is 36.4 Å². The van der Waals surface area contributed by atoms with Gasteiger partial charge >= 0.3 is 0 Å². The third-order valence-electron chi connectivity index (χ3n) is 3.84. The quantitative estimate of drug-likeness (QED) is 0.920. The maximum Gasteiger partial charge on any atom is 0.0897 e. The minimum absolute atomic E-state index is 0.0846. The van der Waals surface area contributed by atoms with Gasteiger partial charge in [-0.1, -0.05) is 23.2 Å². The third-order valence-corrected chi connectivity index (χ3v) is 5.29. The first kappa shape index (κ1) is 15.3. The predicted octanol–water partition coefficient (Wildman–Crippen LogP) is 3.85. The summed E-state index contributed by atoms with van der Waals surface area (Å²) in [5.74, 6) is 0. The van der Waals surface area contributed by atoms with Gasteiger partial charge in [-0.3, -0.25) is 4.90 Å². The molecule has 2 aromatic rings. The number of halogens is 2. The molecule has 0 fully saturated rings. The highest BCUT2D eigenvalue weighted by Crippen LogP contribution is 2.41. The smallest absolute Gasteiger partial charge is 0.0897 e. The van der Waals surface area contributed by atoms with Gasteiger partial charge < -0.3 is 5.11 Å². The Kier molecular flexibility index (Phi) is 4.26. The van der Waals surface area contributed by atoms with Crippen molar-refractivity contribution < 1.29 is 5.11 Å². The van der Waals surface area contributed by atoms with Crippen LogP contribution in [0.2, 0.25) is 10.0 Å². The Labute approximate surface area is 138 Å². The fourth-order valence-electron chi connectivity index (χ4n) is 2.98. The first-order valence-corrected chi connectivity index (χ1v) is 8.30. The molecule has 3 nitrogen and oxygen atoms in total. The number of rotatable bonds is 3. The van der Waals surface area contributed by atoms with Crippen molar-refractivity contribution in [2.75, 3.05) is 7.05 Å². The summed E-state index contributed by atoms with van der Waals surface area (Å²) in [6.45, 7) is 2.74. The predicted molar refractivity (Wildman–Crippen MR) is 87.2 cm³/mol. The number of likely N-dealkylation sites (N-methyl/N-ethyl adjacent to an activating group) is 1. The van der Waals surface area contributed by atoms with Crippen LogP contribution in [0, 0.1) is 6.92 Å². The molecule has 1 heterocycles. The van der Waals surface area contributed by atoms with Gasteiger partial charge in [0.25, 0.3) is 0 Å². The van der Waals surface area contributed by atoms with E-state index in [1.807, 2.05) is 26.2 Å². The molecular weight excluding hydrogens is 327 g/mol. The van der Waals surface area contributed by atoms with Gasteiger partial charge in [-0.2, -0.15) is 0 Å². The largest absolute Gasteiger partial charge is 0.391 e. The van der Waals surface area contributed by atoms with Gasteiger partial charge in [0.15, 0.2) is 0 Å². The lowest BCUT2D eigenvalue weighted by molar-refractivity contribution is 0.0730. The molecule has 1 aromatic heterocycles. The maximum absolute atomic E-state index is 10.4. The molecule has 1 aliphatic carbocycles. The van der Waals surface area contributed by atoms with Crippen LogP contribution in [-0.4, -0.2) is 28.1 Å². The van der Waals surface area contributed by atoms with Gasteiger partial charge in [-0.25, -0.2) is 4.98 Å². The van der Waals surface area contributed by atoms with Crippen molar-refractivity contribution in [2.24, 2.45) is 0 Å². The molecular formula is C15H16Cl2N2OS. The molecule has 2 atom stereocenters. The number of fused-ring (bicyclic) bond motifs is 1. The van der Waals surface area contributed by atoms with E-state index in [4.69, 9.17) is 23.2 Å². The zero-order chi connectivity index (χ0) is 15.1. The Morgan fingerprint density at radius 2 is 2.19 bits per heavy atom. The molecule has 0 saturated heterocycles. The van der Waals surface area contributed by atoms with Crippen molar-refractivity contribution in [3.05, 3.63) is 49.4 Å². The van der Waals surface area contributed by atoms with Crippen LogP contribution < -0.4 is 0 Å². The number of aromatic nitrogens is 1. The molecule has 0 bridgehead atoms. The lowest BCUT2D eigenvalue weighted by atomic mass is 10.1. The van der Waals surface area contributed by atoms with Crippen molar-refractivity contribution in [1.82, 2.24) is 9.88 Å². The zero-order valence-corrected chi connectivity index (χ0v) is 14.1. The van der Waals surface area contributed by atoms with Gasteiger partial charge in [0.2, 0.25) is 0 Å². The van der Waals surface area contributed by atoms with Crippen LogP contribution in [0.3, 0.4) is 0 Å². The normalized spacial score (nSPS) is 21.0. The Morgan fingerprint density at radius 3 is 2.86 bits per heavy atom. The number of nitrogens with zero attached hydrogens (tertiary/aromatic N) is 2. The Hall–Kier alpha value is -0.650. The van der Waals surface area contributed by atoms with E-state index in [2.05, 4.69) is 9.88 Å². The van der Waals surface area contributed by atoms with E-state index >= 15 is 0 Å². The van der Waals surface area contributed by atoms with Gasteiger partial charge in [-0.15, -0.1) is 11.3 Å². The molecule has 1 N–H and O–H groups in total. The van der Waals surface area contributed by atoms with E-state index in [0.29, 0.717) is 16.5 Å². The summed E-state index contributed by atoms with van der Waals surface area (Å²) in [5.41, 5.74) is 2.04. The molecule has 1 aliphatic rings. The van der Waals surface area contributed by atoms with Crippen molar-refractivity contribution in [2.45, 2.75) is 32.0 Å². The second-order valence-corrected chi connectivity index (χ2v) is 7.60. The Balaban J connectivity index is 1.89. The minimum atomic E-state index is -0.463. The molecule has 0 spiro atoms. The number of thiazole rings is 1. The van der Waals surface area contributed by atoms with Crippen molar-refractivity contribution in [3.63, 3.8) is 0 Å². The molecule has 0 saturated carbocycles. The van der Waals surface area contributed by atoms with E-state index in [-0.39, 0.29) is 6.04 Å². The number of hydrogen-bond acceptors (Lipinski definition) is 4. The fourth-order valence-corrected chi connectivity index (χ4v) is 4.43. The van der Waals surface area contributed by atoms with Gasteiger partial charge in [0, 0.05) is 34.1 Å². The molecule has 0 unspecified atom stereocenters. The Bertz CT molecular complexity index is 674. The highest BCUT2D eigenvalue weighted by Gasteiger charge is 2.35. The van der Waals surface area contributed by atoms with Crippen LogP contribution in [0.15, 0.2) is 18.3 Å². The van der Waals surface area contributed by atoms with Crippen LogP contribution in [0.1, 0.15) is 27.1 Å². The average molecular weight is 343 g/mol. The highest BCUT2D eigenvalue weighted by molar-refractivity contribution is 7.11. The van der Waals surface area contributed by atoms with Crippen molar-refractivity contribution in [3.8, 4) is 0 Å². The Morgan fingerprint density at radius 1 is 1.43 bits per heavy atom. The average Bonchev–Trinajstić information content (AvgIpc) is 2.92. The lowest BCUT2D eigenvalue weighted by Gasteiger charge is -2.27. The van der Waals surface area contributed by atoms with E-state index in [0.717, 1.165) is 22.7 Å². The number of aliphatic hydroxyl groups is 1. The molecule has 3 rings (SSSR count). The maximum atomic E-state index is 10.4. The molecule has 0 aliphatic heterocycles. The van der Waals surface area contributed by atoms with Crippen LogP contribution >= 0.6 is 34.5 Å². The highest BCUT2D eigenvalue weighted by atomic mass is 35.5. The summed E-state index contributed by atoms with van der Waals surface area (Å²) in [4.78, 5) is 7.59. The van der Waals surface area contributed by atoms with E-state index < -0.39 is 6.10 Å². The molecule has 0 amide bonds.